The Bertz CT molecular complexity index is 1340. The van der Waals surface area contributed by atoms with Crippen molar-refractivity contribution in [3.8, 4) is 17.2 Å². The molecule has 1 aliphatic heterocycles. The molecule has 0 atom stereocenters. The zero-order valence-electron chi connectivity index (χ0n) is 15.3. The minimum Gasteiger partial charge on any atom is -0.362 e. The van der Waals surface area contributed by atoms with Gasteiger partial charge in [-0.15, -0.1) is 0 Å². The molecule has 4 aromatic rings. The number of halogens is 1. The van der Waals surface area contributed by atoms with E-state index >= 15 is 0 Å². The molecule has 0 unspecified atom stereocenters. The third-order valence-electron chi connectivity index (χ3n) is 4.58. The van der Waals surface area contributed by atoms with Gasteiger partial charge in [0, 0.05) is 24.5 Å². The van der Waals surface area contributed by atoms with Crippen molar-refractivity contribution in [1.29, 1.82) is 0 Å². The first-order valence-electron chi connectivity index (χ1n) is 8.95. The van der Waals surface area contributed by atoms with Crippen LogP contribution in [-0.4, -0.2) is 32.3 Å². The second-order valence-electron chi connectivity index (χ2n) is 6.45. The summed E-state index contributed by atoms with van der Waals surface area (Å²) in [6.07, 6.45) is 6.32. The predicted octanol–water partition coefficient (Wildman–Crippen LogP) is 3.13. The standard InChI is InChI=1S/C20H13ClN6O3/c21-13-4-7-16(23-10-13)27-18(24-15-11-30-25-17(15)19(27)28)12-2-5-14(6-3-12)26-9-1-8-22-20(26)29/h1-7,9-11H,8H2,(H,22,29). The fraction of sp³-hybridized carbons (Fsp3) is 0.0500. The Morgan fingerprint density at radius 3 is 2.67 bits per heavy atom. The van der Waals surface area contributed by atoms with Gasteiger partial charge in [-0.3, -0.25) is 9.69 Å². The third kappa shape index (κ3) is 3.01. The molecular weight excluding hydrogens is 408 g/mol. The monoisotopic (exact) mass is 420 g/mol. The Hall–Kier alpha value is -3.98. The highest BCUT2D eigenvalue weighted by molar-refractivity contribution is 6.30. The summed E-state index contributed by atoms with van der Waals surface area (Å²) in [5.74, 6) is 0.704. The van der Waals surface area contributed by atoms with E-state index in [2.05, 4.69) is 20.4 Å². The Kier molecular flexibility index (Phi) is 4.29. The summed E-state index contributed by atoms with van der Waals surface area (Å²) >= 11 is 5.94. The first-order valence-corrected chi connectivity index (χ1v) is 9.33. The molecule has 10 heteroatoms. The fourth-order valence-corrected chi connectivity index (χ4v) is 3.28. The van der Waals surface area contributed by atoms with Gasteiger partial charge in [-0.25, -0.2) is 19.3 Å². The number of benzene rings is 1. The number of rotatable bonds is 3. The van der Waals surface area contributed by atoms with E-state index in [9.17, 15) is 9.59 Å². The maximum absolute atomic E-state index is 13.1. The van der Waals surface area contributed by atoms with Gasteiger partial charge in [-0.1, -0.05) is 16.8 Å². The van der Waals surface area contributed by atoms with Crippen LogP contribution in [0.15, 0.2) is 70.5 Å². The molecule has 1 N–H and O–H groups in total. The normalized spacial score (nSPS) is 13.6. The molecule has 0 aliphatic carbocycles. The smallest absolute Gasteiger partial charge is 0.326 e. The summed E-state index contributed by atoms with van der Waals surface area (Å²) in [5.41, 5.74) is 1.35. The molecule has 2 amide bonds. The van der Waals surface area contributed by atoms with Crippen LogP contribution in [0.25, 0.3) is 28.2 Å². The van der Waals surface area contributed by atoms with E-state index in [1.807, 2.05) is 6.08 Å². The highest BCUT2D eigenvalue weighted by Crippen LogP contribution is 2.25. The lowest BCUT2D eigenvalue weighted by molar-refractivity contribution is 0.248. The number of hydrogen-bond acceptors (Lipinski definition) is 6. The SMILES string of the molecule is O=C1NCC=CN1c1ccc(-c2nc3conc3c(=O)n2-c2ccc(Cl)cn2)cc1. The van der Waals surface area contributed by atoms with Gasteiger partial charge in [0.1, 0.15) is 23.4 Å². The fourth-order valence-electron chi connectivity index (χ4n) is 3.16. The number of aromatic nitrogens is 4. The number of urea groups is 1. The molecular formula is C20H13ClN6O3. The van der Waals surface area contributed by atoms with Gasteiger partial charge in [-0.2, -0.15) is 0 Å². The number of nitrogens with zero attached hydrogens (tertiary/aromatic N) is 5. The Morgan fingerprint density at radius 1 is 1.10 bits per heavy atom. The van der Waals surface area contributed by atoms with E-state index in [1.165, 1.54) is 21.9 Å². The molecule has 0 saturated heterocycles. The second kappa shape index (κ2) is 7.12. The lowest BCUT2D eigenvalue weighted by atomic mass is 10.1. The lowest BCUT2D eigenvalue weighted by Gasteiger charge is -2.22. The number of amides is 2. The maximum Gasteiger partial charge on any atom is 0.326 e. The van der Waals surface area contributed by atoms with Crippen molar-refractivity contribution in [1.82, 2.24) is 25.0 Å². The Labute approximate surface area is 174 Å². The topological polar surface area (TPSA) is 106 Å². The zero-order valence-corrected chi connectivity index (χ0v) is 16.1. The first-order chi connectivity index (χ1) is 14.6. The van der Waals surface area contributed by atoms with Crippen molar-refractivity contribution in [2.45, 2.75) is 0 Å². The van der Waals surface area contributed by atoms with Gasteiger partial charge >= 0.3 is 6.03 Å². The average Bonchev–Trinajstić information content (AvgIpc) is 3.24. The van der Waals surface area contributed by atoms with Gasteiger partial charge < -0.3 is 9.84 Å². The molecule has 4 heterocycles. The van der Waals surface area contributed by atoms with Crippen molar-refractivity contribution in [2.24, 2.45) is 0 Å². The summed E-state index contributed by atoms with van der Waals surface area (Å²) in [4.78, 5) is 35.4. The van der Waals surface area contributed by atoms with E-state index in [4.69, 9.17) is 16.1 Å². The summed E-state index contributed by atoms with van der Waals surface area (Å²) in [6.45, 7) is 0.496. The van der Waals surface area contributed by atoms with Crippen LogP contribution in [0.5, 0.6) is 0 Å². The lowest BCUT2D eigenvalue weighted by Crippen LogP contribution is -2.39. The summed E-state index contributed by atoms with van der Waals surface area (Å²) in [7, 11) is 0. The summed E-state index contributed by atoms with van der Waals surface area (Å²) in [5, 5.41) is 6.95. The average molecular weight is 421 g/mol. The highest BCUT2D eigenvalue weighted by Gasteiger charge is 2.19. The van der Waals surface area contributed by atoms with Gasteiger partial charge in [-0.05, 0) is 42.5 Å². The van der Waals surface area contributed by atoms with E-state index < -0.39 is 5.56 Å². The van der Waals surface area contributed by atoms with Crippen molar-refractivity contribution in [3.63, 3.8) is 0 Å². The largest absolute Gasteiger partial charge is 0.362 e. The number of carbonyl (C=O) groups excluding carboxylic acids is 1. The predicted molar refractivity (Wildman–Crippen MR) is 111 cm³/mol. The Morgan fingerprint density at radius 2 is 1.93 bits per heavy atom. The molecule has 0 fully saturated rings. The quantitative estimate of drug-likeness (QED) is 0.545. The number of fused-ring (bicyclic) bond motifs is 1. The van der Waals surface area contributed by atoms with Crippen molar-refractivity contribution in [3.05, 3.63) is 76.5 Å². The van der Waals surface area contributed by atoms with Gasteiger partial charge in [0.15, 0.2) is 5.52 Å². The van der Waals surface area contributed by atoms with Gasteiger partial charge in [0.2, 0.25) is 0 Å². The second-order valence-corrected chi connectivity index (χ2v) is 6.88. The van der Waals surface area contributed by atoms with Crippen LogP contribution in [0.1, 0.15) is 0 Å². The van der Waals surface area contributed by atoms with Crippen LogP contribution < -0.4 is 15.8 Å². The van der Waals surface area contributed by atoms with Crippen LogP contribution >= 0.6 is 11.6 Å². The van der Waals surface area contributed by atoms with Gasteiger partial charge in [0.25, 0.3) is 5.56 Å². The molecule has 0 radical (unpaired) electrons. The number of hydrogen-bond donors (Lipinski definition) is 1. The van der Waals surface area contributed by atoms with Gasteiger partial charge in [0.05, 0.1) is 10.7 Å². The summed E-state index contributed by atoms with van der Waals surface area (Å²) in [6, 6.07) is 10.1. The summed E-state index contributed by atoms with van der Waals surface area (Å²) < 4.78 is 6.28. The number of carbonyl (C=O) groups is 1. The third-order valence-corrected chi connectivity index (χ3v) is 4.81. The maximum atomic E-state index is 13.1. The molecule has 0 saturated carbocycles. The van der Waals surface area contributed by atoms with Crippen LogP contribution in [-0.2, 0) is 0 Å². The zero-order chi connectivity index (χ0) is 20.7. The molecule has 5 rings (SSSR count). The molecule has 9 nitrogen and oxygen atoms in total. The minimum absolute atomic E-state index is 0.0993. The van der Waals surface area contributed by atoms with E-state index in [0.717, 1.165) is 0 Å². The van der Waals surface area contributed by atoms with Crippen molar-refractivity contribution >= 4 is 34.4 Å². The van der Waals surface area contributed by atoms with E-state index in [0.29, 0.717) is 40.0 Å². The molecule has 0 spiro atoms. The minimum atomic E-state index is -0.416. The number of pyridine rings is 1. The first kappa shape index (κ1) is 18.1. The van der Waals surface area contributed by atoms with Crippen LogP contribution in [0.3, 0.4) is 0 Å². The number of nitrogens with one attached hydrogen (secondary N) is 1. The molecule has 148 valence electrons. The van der Waals surface area contributed by atoms with Crippen LogP contribution in [0.4, 0.5) is 10.5 Å². The molecule has 1 aromatic carbocycles. The molecule has 1 aliphatic rings. The van der Waals surface area contributed by atoms with E-state index in [-0.39, 0.29) is 11.5 Å². The van der Waals surface area contributed by atoms with Crippen molar-refractivity contribution < 1.29 is 9.32 Å². The van der Waals surface area contributed by atoms with Crippen LogP contribution in [0, 0.1) is 0 Å². The number of anilines is 1. The molecule has 30 heavy (non-hydrogen) atoms. The molecule has 3 aromatic heterocycles. The van der Waals surface area contributed by atoms with Crippen molar-refractivity contribution in [2.75, 3.05) is 11.4 Å². The molecule has 0 bridgehead atoms. The van der Waals surface area contributed by atoms with Crippen LogP contribution in [0.2, 0.25) is 5.02 Å². The highest BCUT2D eigenvalue weighted by atomic mass is 35.5. The Balaban J connectivity index is 1.66. The van der Waals surface area contributed by atoms with E-state index in [1.54, 1.807) is 42.6 Å².